The molecule has 6 heteroatoms. The molecule has 2 aliphatic rings. The van der Waals surface area contributed by atoms with Gasteiger partial charge in [0.25, 0.3) is 5.91 Å². The van der Waals surface area contributed by atoms with Crippen molar-refractivity contribution in [3.8, 4) is 0 Å². The van der Waals surface area contributed by atoms with Gasteiger partial charge in [-0.1, -0.05) is 13.0 Å². The summed E-state index contributed by atoms with van der Waals surface area (Å²) in [5, 5.41) is 12.0. The minimum Gasteiger partial charge on any atom is -0.348 e. The van der Waals surface area contributed by atoms with Crippen molar-refractivity contribution >= 4 is 17.6 Å². The Morgan fingerprint density at radius 3 is 2.74 bits per heavy atom. The van der Waals surface area contributed by atoms with Crippen LogP contribution in [0.2, 0.25) is 0 Å². The highest BCUT2D eigenvalue weighted by atomic mass is 16.2. The predicted molar refractivity (Wildman–Crippen MR) is 89.5 cm³/mol. The van der Waals surface area contributed by atoms with Gasteiger partial charge in [0.1, 0.15) is 0 Å². The topological polar surface area (TPSA) is 82.3 Å². The number of urea groups is 1. The maximum Gasteiger partial charge on any atom is 0.319 e. The van der Waals surface area contributed by atoms with Gasteiger partial charge in [0, 0.05) is 29.9 Å². The minimum absolute atomic E-state index is 0.100. The van der Waals surface area contributed by atoms with Crippen LogP contribution in [0.1, 0.15) is 36.5 Å². The fraction of sp³-hybridized carbons (Fsp3) is 0.529. The Kier molecular flexibility index (Phi) is 4.81. The third-order valence-corrected chi connectivity index (χ3v) is 4.44. The highest BCUT2D eigenvalue weighted by Gasteiger charge is 2.24. The first-order chi connectivity index (χ1) is 11.1. The number of carbonyl (C=O) groups excluding carboxylic acids is 2. The zero-order valence-electron chi connectivity index (χ0n) is 13.4. The number of nitrogens with one attached hydrogen (secondary N) is 4. The van der Waals surface area contributed by atoms with Gasteiger partial charge in [0.2, 0.25) is 0 Å². The van der Waals surface area contributed by atoms with Gasteiger partial charge in [0.15, 0.2) is 0 Å². The summed E-state index contributed by atoms with van der Waals surface area (Å²) in [6.45, 7) is 3.96. The van der Waals surface area contributed by atoms with E-state index in [0.29, 0.717) is 23.2 Å². The second-order valence-electron chi connectivity index (χ2n) is 6.50. The summed E-state index contributed by atoms with van der Waals surface area (Å²) >= 11 is 0. The Hall–Kier alpha value is -2.08. The molecule has 0 spiro atoms. The lowest BCUT2D eigenvalue weighted by Crippen LogP contribution is -2.50. The van der Waals surface area contributed by atoms with Crippen LogP contribution in [0.5, 0.6) is 0 Å². The molecule has 3 rings (SSSR count). The molecule has 0 aromatic heterocycles. The van der Waals surface area contributed by atoms with Crippen molar-refractivity contribution in [2.24, 2.45) is 5.92 Å². The van der Waals surface area contributed by atoms with Crippen LogP contribution in [0.25, 0.3) is 0 Å². The first kappa shape index (κ1) is 15.8. The van der Waals surface area contributed by atoms with Gasteiger partial charge in [-0.15, -0.1) is 0 Å². The molecule has 1 heterocycles. The molecule has 1 aliphatic heterocycles. The molecule has 1 aromatic rings. The van der Waals surface area contributed by atoms with E-state index >= 15 is 0 Å². The number of piperidine rings is 1. The SMILES string of the molecule is CC1CCNCC1NC(=O)c1cccc(NC(=O)NC2CC2)c1. The average Bonchev–Trinajstić information content (AvgIpc) is 3.33. The lowest BCUT2D eigenvalue weighted by molar-refractivity contribution is 0.0915. The molecule has 124 valence electrons. The number of hydrogen-bond donors (Lipinski definition) is 4. The molecule has 2 atom stereocenters. The summed E-state index contributed by atoms with van der Waals surface area (Å²) in [6.07, 6.45) is 3.15. The predicted octanol–water partition coefficient (Wildman–Crippen LogP) is 1.70. The summed E-state index contributed by atoms with van der Waals surface area (Å²) in [6, 6.07) is 7.28. The second-order valence-corrected chi connectivity index (χ2v) is 6.50. The van der Waals surface area contributed by atoms with Crippen molar-refractivity contribution < 1.29 is 9.59 Å². The Labute approximate surface area is 136 Å². The van der Waals surface area contributed by atoms with Crippen LogP contribution >= 0.6 is 0 Å². The van der Waals surface area contributed by atoms with Crippen molar-refractivity contribution in [3.63, 3.8) is 0 Å². The molecule has 3 amide bonds. The molecule has 2 unspecified atom stereocenters. The average molecular weight is 316 g/mol. The largest absolute Gasteiger partial charge is 0.348 e. The molecule has 6 nitrogen and oxygen atoms in total. The summed E-state index contributed by atoms with van der Waals surface area (Å²) in [7, 11) is 0. The highest BCUT2D eigenvalue weighted by Crippen LogP contribution is 2.19. The quantitative estimate of drug-likeness (QED) is 0.682. The van der Waals surface area contributed by atoms with Gasteiger partial charge in [-0.25, -0.2) is 4.79 Å². The maximum absolute atomic E-state index is 12.4. The van der Waals surface area contributed by atoms with Crippen LogP contribution in [0.3, 0.4) is 0 Å². The van der Waals surface area contributed by atoms with E-state index in [1.165, 1.54) is 0 Å². The number of benzene rings is 1. The summed E-state index contributed by atoms with van der Waals surface area (Å²) in [5.41, 5.74) is 1.19. The van der Waals surface area contributed by atoms with Crippen LogP contribution in [0, 0.1) is 5.92 Å². The van der Waals surface area contributed by atoms with Crippen molar-refractivity contribution in [3.05, 3.63) is 29.8 Å². The first-order valence-electron chi connectivity index (χ1n) is 8.31. The minimum atomic E-state index is -0.213. The monoisotopic (exact) mass is 316 g/mol. The number of anilines is 1. The molecular weight excluding hydrogens is 292 g/mol. The molecule has 1 saturated heterocycles. The van der Waals surface area contributed by atoms with E-state index in [0.717, 1.165) is 32.4 Å². The summed E-state index contributed by atoms with van der Waals surface area (Å²) in [5.74, 6) is 0.364. The van der Waals surface area contributed by atoms with Crippen LogP contribution in [0.4, 0.5) is 10.5 Å². The Morgan fingerprint density at radius 1 is 1.17 bits per heavy atom. The highest BCUT2D eigenvalue weighted by molar-refractivity contribution is 5.97. The van der Waals surface area contributed by atoms with Crippen LogP contribution in [-0.2, 0) is 0 Å². The second kappa shape index (κ2) is 7.00. The Bertz CT molecular complexity index is 586. The van der Waals surface area contributed by atoms with Gasteiger partial charge in [0.05, 0.1) is 0 Å². The Balaban J connectivity index is 1.59. The van der Waals surface area contributed by atoms with Crippen LogP contribution in [-0.4, -0.2) is 37.1 Å². The smallest absolute Gasteiger partial charge is 0.319 e. The standard InChI is InChI=1S/C17H24N4O2/c1-11-7-8-18-10-15(11)21-16(22)12-3-2-4-14(9-12)20-17(23)19-13-5-6-13/h2-4,9,11,13,15,18H,5-8,10H2,1H3,(H,21,22)(H2,19,20,23). The zero-order valence-corrected chi connectivity index (χ0v) is 13.4. The number of rotatable bonds is 4. The van der Waals surface area contributed by atoms with E-state index in [2.05, 4.69) is 28.2 Å². The van der Waals surface area contributed by atoms with Gasteiger partial charge in [-0.3, -0.25) is 4.79 Å². The third kappa shape index (κ3) is 4.45. The van der Waals surface area contributed by atoms with Crippen molar-refractivity contribution in [2.75, 3.05) is 18.4 Å². The van der Waals surface area contributed by atoms with Crippen molar-refractivity contribution in [1.82, 2.24) is 16.0 Å². The first-order valence-corrected chi connectivity index (χ1v) is 8.31. The maximum atomic E-state index is 12.4. The third-order valence-electron chi connectivity index (χ3n) is 4.44. The van der Waals surface area contributed by atoms with E-state index in [4.69, 9.17) is 0 Å². The molecule has 4 N–H and O–H groups in total. The summed E-state index contributed by atoms with van der Waals surface area (Å²) in [4.78, 5) is 24.2. The van der Waals surface area contributed by atoms with Gasteiger partial charge in [-0.05, 0) is 49.9 Å². The Morgan fingerprint density at radius 2 is 2.00 bits per heavy atom. The lowest BCUT2D eigenvalue weighted by atomic mass is 9.94. The van der Waals surface area contributed by atoms with E-state index < -0.39 is 0 Å². The van der Waals surface area contributed by atoms with E-state index in [-0.39, 0.29) is 18.0 Å². The molecule has 1 saturated carbocycles. The normalized spacial score (nSPS) is 23.9. The van der Waals surface area contributed by atoms with Crippen molar-refractivity contribution in [1.29, 1.82) is 0 Å². The molecule has 23 heavy (non-hydrogen) atoms. The number of amides is 3. The summed E-state index contributed by atoms with van der Waals surface area (Å²) < 4.78 is 0. The number of carbonyl (C=O) groups is 2. The molecular formula is C17H24N4O2. The van der Waals surface area contributed by atoms with E-state index in [9.17, 15) is 9.59 Å². The molecule has 0 bridgehead atoms. The van der Waals surface area contributed by atoms with Gasteiger partial charge < -0.3 is 21.3 Å². The van der Waals surface area contributed by atoms with Gasteiger partial charge >= 0.3 is 6.03 Å². The van der Waals surface area contributed by atoms with E-state index in [1.807, 2.05) is 0 Å². The number of hydrogen-bond acceptors (Lipinski definition) is 3. The van der Waals surface area contributed by atoms with Crippen molar-refractivity contribution in [2.45, 2.75) is 38.3 Å². The lowest BCUT2D eigenvalue weighted by Gasteiger charge is -2.30. The molecule has 1 aromatic carbocycles. The van der Waals surface area contributed by atoms with Gasteiger partial charge in [-0.2, -0.15) is 0 Å². The fourth-order valence-corrected chi connectivity index (χ4v) is 2.75. The molecule has 2 fully saturated rings. The molecule has 1 aliphatic carbocycles. The fourth-order valence-electron chi connectivity index (χ4n) is 2.75. The van der Waals surface area contributed by atoms with E-state index in [1.54, 1.807) is 24.3 Å². The molecule has 0 radical (unpaired) electrons. The van der Waals surface area contributed by atoms with Crippen LogP contribution < -0.4 is 21.3 Å². The zero-order chi connectivity index (χ0) is 16.2. The van der Waals surface area contributed by atoms with Crippen LogP contribution in [0.15, 0.2) is 24.3 Å².